The summed E-state index contributed by atoms with van der Waals surface area (Å²) < 4.78 is 37.9. The molecule has 6 rings (SSSR count). The number of anilines is 1. The molecule has 2 heterocycles. The minimum absolute atomic E-state index is 0.0183. The summed E-state index contributed by atoms with van der Waals surface area (Å²) in [6.07, 6.45) is 1.21. The lowest BCUT2D eigenvalue weighted by molar-refractivity contribution is -0.114. The van der Waals surface area contributed by atoms with Crippen molar-refractivity contribution in [1.29, 1.82) is 5.26 Å². The van der Waals surface area contributed by atoms with Crippen molar-refractivity contribution in [3.63, 3.8) is 0 Å². The molecule has 7 nitrogen and oxygen atoms in total. The van der Waals surface area contributed by atoms with Gasteiger partial charge in [-0.1, -0.05) is 62.2 Å². The maximum Gasteiger partial charge on any atom is 0.335 e. The standard InChI is InChI=1S/C35H31Cl2F2N3O4/c1-34(2,3)16-27-35(17-40,22-12-11-20(36)15-24(22)38)28(21-6-5-7-23(37)29(21)39)30-32(43)41(31(42(27)30)18-8-9-18)25-13-10-19(33(44)45)14-26(25)46-4/h5-7,10-15,18,27,31H,8-9,16H2,1-4H3,(H,44,45)/t27-,31+,35-/m0/s1. The molecule has 238 valence electrons. The van der Waals surface area contributed by atoms with Crippen LogP contribution < -0.4 is 9.64 Å². The number of rotatable bonds is 7. The number of hydrogen-bond donors (Lipinski definition) is 1. The third kappa shape index (κ3) is 4.90. The fourth-order valence-corrected chi connectivity index (χ4v) is 7.35. The van der Waals surface area contributed by atoms with E-state index in [1.807, 2.05) is 25.7 Å². The van der Waals surface area contributed by atoms with Gasteiger partial charge in [0.2, 0.25) is 0 Å². The molecule has 1 amide bonds. The number of carbonyl (C=O) groups is 2. The maximum absolute atomic E-state index is 16.2. The number of carboxylic acid groups (broad SMARTS) is 1. The van der Waals surface area contributed by atoms with Gasteiger partial charge in [-0.05, 0) is 67.0 Å². The van der Waals surface area contributed by atoms with E-state index in [0.717, 1.165) is 18.9 Å². The summed E-state index contributed by atoms with van der Waals surface area (Å²) >= 11 is 12.5. The second kappa shape index (κ2) is 11.3. The van der Waals surface area contributed by atoms with E-state index in [9.17, 15) is 20.0 Å². The van der Waals surface area contributed by atoms with E-state index < -0.39 is 46.5 Å². The largest absolute Gasteiger partial charge is 0.495 e. The maximum atomic E-state index is 16.2. The van der Waals surface area contributed by atoms with Crippen LogP contribution in [0.4, 0.5) is 14.5 Å². The van der Waals surface area contributed by atoms with Crippen molar-refractivity contribution in [3.8, 4) is 11.8 Å². The van der Waals surface area contributed by atoms with Crippen LogP contribution >= 0.6 is 23.2 Å². The summed E-state index contributed by atoms with van der Waals surface area (Å²) in [4.78, 5) is 30.1. The highest BCUT2D eigenvalue weighted by atomic mass is 35.5. The average molecular weight is 667 g/mol. The predicted octanol–water partition coefficient (Wildman–Crippen LogP) is 8.05. The molecule has 1 saturated carbocycles. The van der Waals surface area contributed by atoms with E-state index in [1.165, 1.54) is 55.6 Å². The molecule has 1 N–H and O–H groups in total. The number of aromatic carboxylic acids is 1. The molecule has 0 bridgehead atoms. The third-order valence-corrected chi connectivity index (χ3v) is 9.51. The lowest BCUT2D eigenvalue weighted by Crippen LogP contribution is -2.52. The van der Waals surface area contributed by atoms with Gasteiger partial charge in [0.25, 0.3) is 5.91 Å². The van der Waals surface area contributed by atoms with E-state index in [4.69, 9.17) is 27.9 Å². The van der Waals surface area contributed by atoms with Crippen LogP contribution in [0.1, 0.15) is 61.5 Å². The van der Waals surface area contributed by atoms with Crippen molar-refractivity contribution in [2.24, 2.45) is 11.3 Å². The van der Waals surface area contributed by atoms with Crippen LogP contribution in [-0.4, -0.2) is 41.2 Å². The second-order valence-electron chi connectivity index (χ2n) is 13.2. The molecular formula is C35H31Cl2F2N3O4. The van der Waals surface area contributed by atoms with Crippen molar-refractivity contribution < 1.29 is 28.2 Å². The van der Waals surface area contributed by atoms with Crippen molar-refractivity contribution in [2.45, 2.75) is 57.7 Å². The highest BCUT2D eigenvalue weighted by Crippen LogP contribution is 2.61. The number of nitriles is 1. The third-order valence-electron chi connectivity index (χ3n) is 8.98. The molecule has 11 heteroatoms. The Labute approximate surface area is 275 Å². The van der Waals surface area contributed by atoms with Gasteiger partial charge in [-0.2, -0.15) is 5.26 Å². The lowest BCUT2D eigenvalue weighted by atomic mass is 9.65. The van der Waals surface area contributed by atoms with E-state index in [2.05, 4.69) is 6.07 Å². The molecule has 0 spiro atoms. The summed E-state index contributed by atoms with van der Waals surface area (Å²) in [5, 5.41) is 20.8. The number of ether oxygens (including phenoxy) is 1. The van der Waals surface area contributed by atoms with E-state index in [1.54, 1.807) is 4.90 Å². The number of amides is 1. The van der Waals surface area contributed by atoms with Crippen LogP contribution in [0, 0.1) is 34.3 Å². The van der Waals surface area contributed by atoms with Crippen LogP contribution in [0.25, 0.3) is 5.57 Å². The van der Waals surface area contributed by atoms with E-state index in [0.29, 0.717) is 12.1 Å². The lowest BCUT2D eigenvalue weighted by Gasteiger charge is -2.43. The van der Waals surface area contributed by atoms with Crippen molar-refractivity contribution in [1.82, 2.24) is 4.90 Å². The Morgan fingerprint density at radius 1 is 1.13 bits per heavy atom. The van der Waals surface area contributed by atoms with Gasteiger partial charge in [0, 0.05) is 21.7 Å². The Balaban J connectivity index is 1.73. The van der Waals surface area contributed by atoms with Gasteiger partial charge in [0.15, 0.2) is 0 Å². The van der Waals surface area contributed by atoms with Gasteiger partial charge in [0.1, 0.15) is 34.7 Å². The van der Waals surface area contributed by atoms with Crippen molar-refractivity contribution >= 4 is 46.3 Å². The van der Waals surface area contributed by atoms with Crippen LogP contribution in [0.15, 0.2) is 60.3 Å². The van der Waals surface area contributed by atoms with Crippen LogP contribution in [0.2, 0.25) is 10.0 Å². The number of carboxylic acids is 1. The number of hydrogen-bond acceptors (Lipinski definition) is 5. The van der Waals surface area contributed by atoms with Gasteiger partial charge in [0.05, 0.1) is 35.5 Å². The molecule has 0 unspecified atom stereocenters. The molecule has 1 saturated heterocycles. The normalized spacial score (nSPS) is 22.7. The number of methoxy groups -OCH3 is 1. The van der Waals surface area contributed by atoms with Gasteiger partial charge >= 0.3 is 5.97 Å². The Hall–Kier alpha value is -4.13. The molecule has 2 fully saturated rings. The summed E-state index contributed by atoms with van der Waals surface area (Å²) in [6.45, 7) is 5.96. The molecule has 0 radical (unpaired) electrons. The van der Waals surface area contributed by atoms with E-state index in [-0.39, 0.29) is 49.7 Å². The van der Waals surface area contributed by atoms with E-state index >= 15 is 8.78 Å². The molecule has 46 heavy (non-hydrogen) atoms. The summed E-state index contributed by atoms with van der Waals surface area (Å²) in [7, 11) is 1.39. The Morgan fingerprint density at radius 3 is 2.43 bits per heavy atom. The van der Waals surface area contributed by atoms with Crippen molar-refractivity contribution in [2.75, 3.05) is 12.0 Å². The zero-order valence-corrected chi connectivity index (χ0v) is 27.1. The molecule has 3 aliphatic rings. The molecule has 1 aliphatic carbocycles. The second-order valence-corrected chi connectivity index (χ2v) is 14.0. The minimum Gasteiger partial charge on any atom is -0.495 e. The first kappa shape index (κ1) is 31.8. The SMILES string of the molecule is COc1cc(C(=O)O)ccc1N1C(=O)C2=C(c3cccc(Cl)c3F)[C@@](C#N)(c3ccc(Cl)cc3F)[C@H](CC(C)(C)C)N2[C@@H]1C1CC1. The number of fused-ring (bicyclic) bond motifs is 1. The molecule has 3 atom stereocenters. The summed E-state index contributed by atoms with van der Waals surface area (Å²) in [5.74, 6) is -3.17. The van der Waals surface area contributed by atoms with Gasteiger partial charge < -0.3 is 14.7 Å². The van der Waals surface area contributed by atoms with Crippen LogP contribution in [-0.2, 0) is 10.2 Å². The molecule has 0 aromatic heterocycles. The fourth-order valence-electron chi connectivity index (χ4n) is 7.02. The Kier molecular flexibility index (Phi) is 7.81. The topological polar surface area (TPSA) is 93.9 Å². The van der Waals surface area contributed by atoms with Crippen LogP contribution in [0.3, 0.4) is 0 Å². The first-order chi connectivity index (χ1) is 21.7. The monoisotopic (exact) mass is 665 g/mol. The summed E-state index contributed by atoms with van der Waals surface area (Å²) in [6, 6.07) is 14.2. The van der Waals surface area contributed by atoms with Gasteiger partial charge in [-0.3, -0.25) is 9.69 Å². The number of benzene rings is 3. The Bertz CT molecular complexity index is 1860. The summed E-state index contributed by atoms with van der Waals surface area (Å²) in [5.41, 5.74) is -2.01. The number of halogens is 4. The fraction of sp³-hybridized carbons (Fsp3) is 0.343. The number of carbonyl (C=O) groups excluding carboxylic acids is 1. The highest BCUT2D eigenvalue weighted by molar-refractivity contribution is 6.31. The molecule has 2 aliphatic heterocycles. The zero-order valence-electron chi connectivity index (χ0n) is 25.6. The number of nitrogens with zero attached hydrogens (tertiary/aromatic N) is 3. The zero-order chi connectivity index (χ0) is 33.3. The van der Waals surface area contributed by atoms with Crippen LogP contribution in [0.5, 0.6) is 5.75 Å². The first-order valence-electron chi connectivity index (χ1n) is 14.8. The first-order valence-corrected chi connectivity index (χ1v) is 15.6. The molecule has 3 aromatic carbocycles. The molecule has 3 aromatic rings. The van der Waals surface area contributed by atoms with Crippen molar-refractivity contribution in [3.05, 3.63) is 98.7 Å². The molecular weight excluding hydrogens is 635 g/mol. The predicted molar refractivity (Wildman–Crippen MR) is 171 cm³/mol. The average Bonchev–Trinajstić information content (AvgIpc) is 3.74. The highest BCUT2D eigenvalue weighted by Gasteiger charge is 2.65. The minimum atomic E-state index is -1.85. The smallest absolute Gasteiger partial charge is 0.335 e. The van der Waals surface area contributed by atoms with Gasteiger partial charge in [-0.15, -0.1) is 0 Å². The Morgan fingerprint density at radius 2 is 1.85 bits per heavy atom. The quantitative estimate of drug-likeness (QED) is 0.274. The van der Waals surface area contributed by atoms with Gasteiger partial charge in [-0.25, -0.2) is 13.6 Å².